The summed E-state index contributed by atoms with van der Waals surface area (Å²) in [6.45, 7) is -0.523. The SMILES string of the molecule is O=C1NC=NC2C1C(Br)=CN2[C@@H]1O[C@H](CO)[C@H](F)[C@H]1O. The molecule has 0 aromatic rings. The van der Waals surface area contributed by atoms with Gasteiger partial charge in [-0.2, -0.15) is 0 Å². The van der Waals surface area contributed by atoms with Crippen LogP contribution in [-0.2, 0) is 9.53 Å². The maximum Gasteiger partial charge on any atom is 0.237 e. The first-order valence-electron chi connectivity index (χ1n) is 6.09. The number of nitrogens with zero attached hydrogens (tertiary/aromatic N) is 2. The fourth-order valence-electron chi connectivity index (χ4n) is 2.63. The maximum absolute atomic E-state index is 13.8. The van der Waals surface area contributed by atoms with E-state index in [9.17, 15) is 14.3 Å². The molecule has 0 spiro atoms. The number of carbonyl (C=O) groups is 1. The number of aliphatic imine (C=N–C) groups is 1. The molecule has 3 aliphatic heterocycles. The van der Waals surface area contributed by atoms with Crippen molar-refractivity contribution in [1.29, 1.82) is 0 Å². The molecule has 3 rings (SSSR count). The standard InChI is InChI=1S/C11H13BrFN3O4/c12-4-1-16(9-6(4)10(19)15-3-14-9)11-8(18)7(13)5(2-17)20-11/h1,3,5-9,11,17-18H,2H2,(H,14,15,19)/t5-,6?,7+,8-,9?,11-/m1/s1. The van der Waals surface area contributed by atoms with Crippen molar-refractivity contribution >= 4 is 28.2 Å². The molecule has 7 nitrogen and oxygen atoms in total. The number of rotatable bonds is 2. The third-order valence-electron chi connectivity index (χ3n) is 3.65. The summed E-state index contributed by atoms with van der Waals surface area (Å²) < 4.78 is 19.7. The predicted molar refractivity (Wildman–Crippen MR) is 69.4 cm³/mol. The van der Waals surface area contributed by atoms with Gasteiger partial charge in [0.1, 0.15) is 24.3 Å². The molecule has 3 heterocycles. The second-order valence-electron chi connectivity index (χ2n) is 4.82. The molecule has 9 heteroatoms. The first-order valence-corrected chi connectivity index (χ1v) is 6.89. The number of halogens is 2. The van der Waals surface area contributed by atoms with Gasteiger partial charge >= 0.3 is 0 Å². The van der Waals surface area contributed by atoms with Crippen LogP contribution in [-0.4, -0.2) is 64.7 Å². The molecule has 0 aliphatic carbocycles. The molecular formula is C11H13BrFN3O4. The lowest BCUT2D eigenvalue weighted by atomic mass is 10.1. The molecular weight excluding hydrogens is 337 g/mol. The summed E-state index contributed by atoms with van der Waals surface area (Å²) in [5, 5.41) is 21.4. The van der Waals surface area contributed by atoms with Crippen LogP contribution in [0.2, 0.25) is 0 Å². The van der Waals surface area contributed by atoms with E-state index in [-0.39, 0.29) is 5.91 Å². The maximum atomic E-state index is 13.8. The Kier molecular flexibility index (Phi) is 3.53. The van der Waals surface area contributed by atoms with Gasteiger partial charge in [0.2, 0.25) is 5.91 Å². The number of hydrogen-bond donors (Lipinski definition) is 3. The van der Waals surface area contributed by atoms with E-state index >= 15 is 0 Å². The zero-order valence-electron chi connectivity index (χ0n) is 10.2. The molecule has 0 aromatic carbocycles. The van der Waals surface area contributed by atoms with E-state index in [1.165, 1.54) is 11.2 Å². The molecule has 20 heavy (non-hydrogen) atoms. The third kappa shape index (κ3) is 1.96. The second kappa shape index (κ2) is 5.06. The highest BCUT2D eigenvalue weighted by atomic mass is 79.9. The zero-order chi connectivity index (χ0) is 14.4. The van der Waals surface area contributed by atoms with Crippen LogP contribution in [0, 0.1) is 5.92 Å². The molecule has 6 atom stereocenters. The summed E-state index contributed by atoms with van der Waals surface area (Å²) in [5.74, 6) is -0.791. The topological polar surface area (TPSA) is 94.4 Å². The highest BCUT2D eigenvalue weighted by Crippen LogP contribution is 2.39. The van der Waals surface area contributed by atoms with Crippen molar-refractivity contribution in [3.05, 3.63) is 10.7 Å². The van der Waals surface area contributed by atoms with Crippen LogP contribution in [0.25, 0.3) is 0 Å². The first-order chi connectivity index (χ1) is 9.54. The number of fused-ring (bicyclic) bond motifs is 1. The minimum Gasteiger partial charge on any atom is -0.394 e. The van der Waals surface area contributed by atoms with E-state index in [1.54, 1.807) is 6.20 Å². The molecule has 1 amide bonds. The second-order valence-corrected chi connectivity index (χ2v) is 5.74. The van der Waals surface area contributed by atoms with Gasteiger partial charge in [-0.15, -0.1) is 0 Å². The Morgan fingerprint density at radius 2 is 2.35 bits per heavy atom. The molecule has 0 radical (unpaired) electrons. The molecule has 1 saturated heterocycles. The minimum absolute atomic E-state index is 0.237. The summed E-state index contributed by atoms with van der Waals surface area (Å²) in [7, 11) is 0. The number of ether oxygens (including phenoxy) is 1. The van der Waals surface area contributed by atoms with Crippen molar-refractivity contribution in [1.82, 2.24) is 10.2 Å². The van der Waals surface area contributed by atoms with Crippen LogP contribution in [0.4, 0.5) is 4.39 Å². The average Bonchev–Trinajstić information content (AvgIpc) is 2.90. The van der Waals surface area contributed by atoms with Gasteiger partial charge in [0.05, 0.1) is 12.9 Å². The van der Waals surface area contributed by atoms with Gasteiger partial charge in [-0.25, -0.2) is 9.38 Å². The van der Waals surface area contributed by atoms with Gasteiger partial charge in [-0.3, -0.25) is 4.79 Å². The molecule has 0 saturated carbocycles. The highest BCUT2D eigenvalue weighted by molar-refractivity contribution is 9.11. The van der Waals surface area contributed by atoms with Gasteiger partial charge in [0.15, 0.2) is 12.4 Å². The van der Waals surface area contributed by atoms with E-state index in [0.29, 0.717) is 4.48 Å². The summed E-state index contributed by atoms with van der Waals surface area (Å²) in [6, 6.07) is 0. The quantitative estimate of drug-likeness (QED) is 0.597. The third-order valence-corrected chi connectivity index (χ3v) is 4.35. The summed E-state index contributed by atoms with van der Waals surface area (Å²) in [6.07, 6.45) is -2.93. The van der Waals surface area contributed by atoms with E-state index in [4.69, 9.17) is 9.84 Å². The minimum atomic E-state index is -1.68. The van der Waals surface area contributed by atoms with Gasteiger partial charge < -0.3 is 25.2 Å². The number of hydrogen-bond acceptors (Lipinski definition) is 6. The van der Waals surface area contributed by atoms with Crippen molar-refractivity contribution < 1.29 is 24.1 Å². The van der Waals surface area contributed by atoms with Crippen molar-refractivity contribution in [2.24, 2.45) is 10.9 Å². The van der Waals surface area contributed by atoms with Crippen LogP contribution in [0.3, 0.4) is 0 Å². The van der Waals surface area contributed by atoms with Crippen LogP contribution in [0.1, 0.15) is 0 Å². The van der Waals surface area contributed by atoms with Gasteiger partial charge in [-0.05, 0) is 0 Å². The van der Waals surface area contributed by atoms with Crippen LogP contribution < -0.4 is 5.32 Å². The van der Waals surface area contributed by atoms with Gasteiger partial charge in [0.25, 0.3) is 0 Å². The monoisotopic (exact) mass is 349 g/mol. The molecule has 0 bridgehead atoms. The Morgan fingerprint density at radius 3 is 3.00 bits per heavy atom. The summed E-state index contributed by atoms with van der Waals surface area (Å²) in [5.41, 5.74) is 0. The summed E-state index contributed by atoms with van der Waals surface area (Å²) in [4.78, 5) is 17.4. The van der Waals surface area contributed by atoms with Crippen LogP contribution >= 0.6 is 15.9 Å². The Morgan fingerprint density at radius 1 is 1.60 bits per heavy atom. The predicted octanol–water partition coefficient (Wildman–Crippen LogP) is -0.945. The highest BCUT2D eigenvalue weighted by Gasteiger charge is 2.52. The Bertz CT molecular complexity index is 488. The largest absolute Gasteiger partial charge is 0.394 e. The Balaban J connectivity index is 1.86. The number of aliphatic hydroxyl groups is 2. The van der Waals surface area contributed by atoms with E-state index in [0.717, 1.165) is 0 Å². The zero-order valence-corrected chi connectivity index (χ0v) is 11.8. The van der Waals surface area contributed by atoms with Crippen molar-refractivity contribution in [3.8, 4) is 0 Å². The van der Waals surface area contributed by atoms with Crippen LogP contribution in [0.5, 0.6) is 0 Å². The normalized spacial score (nSPS) is 43.5. The van der Waals surface area contributed by atoms with Crippen molar-refractivity contribution in [3.63, 3.8) is 0 Å². The average molecular weight is 350 g/mol. The smallest absolute Gasteiger partial charge is 0.237 e. The first kappa shape index (κ1) is 13.9. The van der Waals surface area contributed by atoms with Gasteiger partial charge in [0, 0.05) is 10.7 Å². The number of nitrogens with one attached hydrogen (secondary N) is 1. The number of carbonyl (C=O) groups excluding carboxylic acids is 1. The Hall–Kier alpha value is -1.03. The van der Waals surface area contributed by atoms with Crippen molar-refractivity contribution in [2.45, 2.75) is 30.8 Å². The molecule has 3 aliphatic rings. The van der Waals surface area contributed by atoms with E-state index in [1.807, 2.05) is 0 Å². The fourth-order valence-corrected chi connectivity index (χ4v) is 3.31. The Labute approximate surface area is 122 Å². The molecule has 1 fully saturated rings. The number of alkyl halides is 1. The fraction of sp³-hybridized carbons (Fsp3) is 0.636. The van der Waals surface area contributed by atoms with Crippen molar-refractivity contribution in [2.75, 3.05) is 6.61 Å². The lowest BCUT2D eigenvalue weighted by Crippen LogP contribution is -2.50. The number of amides is 1. The van der Waals surface area contributed by atoms with E-state index in [2.05, 4.69) is 26.2 Å². The lowest BCUT2D eigenvalue weighted by molar-refractivity contribution is -0.127. The summed E-state index contributed by atoms with van der Waals surface area (Å²) >= 11 is 3.28. The van der Waals surface area contributed by atoms with Gasteiger partial charge in [-0.1, -0.05) is 15.9 Å². The lowest BCUT2D eigenvalue weighted by Gasteiger charge is -2.33. The number of aliphatic hydroxyl groups excluding tert-OH is 2. The molecule has 110 valence electrons. The molecule has 0 aromatic heterocycles. The van der Waals surface area contributed by atoms with E-state index < -0.39 is 43.3 Å². The molecule has 3 N–H and O–H groups in total. The molecule has 2 unspecified atom stereocenters. The van der Waals surface area contributed by atoms with Crippen LogP contribution in [0.15, 0.2) is 15.7 Å².